The Hall–Kier alpha value is -1.78. The van der Waals surface area contributed by atoms with Crippen LogP contribution in [0.1, 0.15) is 92.1 Å². The first-order chi connectivity index (χ1) is 13.8. The van der Waals surface area contributed by atoms with Crippen LogP contribution in [-0.2, 0) is 6.18 Å². The fourth-order valence-corrected chi connectivity index (χ4v) is 5.41. The molecule has 0 amide bonds. The van der Waals surface area contributed by atoms with E-state index in [1.54, 1.807) is 6.92 Å². The van der Waals surface area contributed by atoms with Gasteiger partial charge >= 0.3 is 6.18 Å². The van der Waals surface area contributed by atoms with E-state index < -0.39 is 23.3 Å². The van der Waals surface area contributed by atoms with E-state index in [-0.39, 0.29) is 23.5 Å². The summed E-state index contributed by atoms with van der Waals surface area (Å²) in [6.45, 7) is 5.47. The molecular formula is C24H31F3O2. The second kappa shape index (κ2) is 8.93. The minimum absolute atomic E-state index is 0.0589. The molecule has 2 aliphatic carbocycles. The monoisotopic (exact) mass is 408 g/mol. The third-order valence-corrected chi connectivity index (χ3v) is 7.14. The van der Waals surface area contributed by atoms with E-state index in [0.717, 1.165) is 12.8 Å². The van der Waals surface area contributed by atoms with Crippen molar-refractivity contribution in [3.8, 4) is 5.75 Å². The molecule has 0 bridgehead atoms. The lowest BCUT2D eigenvalue weighted by atomic mass is 9.68. The first kappa shape index (κ1) is 21.9. The second-order valence-electron chi connectivity index (χ2n) is 8.72. The van der Waals surface area contributed by atoms with E-state index >= 15 is 0 Å². The van der Waals surface area contributed by atoms with Crippen LogP contribution in [0.15, 0.2) is 24.8 Å². The van der Waals surface area contributed by atoms with E-state index in [1.807, 2.05) is 6.08 Å². The van der Waals surface area contributed by atoms with Crippen LogP contribution in [0, 0.1) is 17.8 Å². The second-order valence-corrected chi connectivity index (χ2v) is 8.72. The highest BCUT2D eigenvalue weighted by molar-refractivity contribution is 5.99. The Morgan fingerprint density at radius 1 is 1.07 bits per heavy atom. The highest BCUT2D eigenvalue weighted by Gasteiger charge is 2.41. The van der Waals surface area contributed by atoms with Crippen molar-refractivity contribution >= 4 is 5.78 Å². The van der Waals surface area contributed by atoms with Crippen molar-refractivity contribution in [1.29, 1.82) is 0 Å². The molecule has 0 spiro atoms. The topological polar surface area (TPSA) is 37.3 Å². The first-order valence-corrected chi connectivity index (χ1v) is 10.8. The number of phenols is 1. The quantitative estimate of drug-likeness (QED) is 0.411. The Kier molecular flexibility index (Phi) is 6.75. The summed E-state index contributed by atoms with van der Waals surface area (Å²) in [6.07, 6.45) is 5.43. The SMILES string of the molecule is C=CC1CCC(C2CCC(c3ccc(C(=O)CC)c(O)c3C(F)(F)F)CC2)CC1. The van der Waals surface area contributed by atoms with Gasteiger partial charge in [0.25, 0.3) is 0 Å². The van der Waals surface area contributed by atoms with Gasteiger partial charge in [-0.25, -0.2) is 0 Å². The summed E-state index contributed by atoms with van der Waals surface area (Å²) in [5, 5.41) is 10.3. The molecule has 0 saturated heterocycles. The number of benzene rings is 1. The van der Waals surface area contributed by atoms with E-state index in [1.165, 1.54) is 37.8 Å². The van der Waals surface area contributed by atoms with Crippen LogP contribution in [0.3, 0.4) is 0 Å². The van der Waals surface area contributed by atoms with Gasteiger partial charge in [-0.3, -0.25) is 4.79 Å². The molecule has 160 valence electrons. The molecule has 0 heterocycles. The van der Waals surface area contributed by atoms with Crippen LogP contribution < -0.4 is 0 Å². The zero-order valence-electron chi connectivity index (χ0n) is 17.1. The molecular weight excluding hydrogens is 377 g/mol. The fourth-order valence-electron chi connectivity index (χ4n) is 5.41. The first-order valence-electron chi connectivity index (χ1n) is 10.8. The summed E-state index contributed by atoms with van der Waals surface area (Å²) in [5.41, 5.74) is -1.08. The Labute approximate surface area is 171 Å². The lowest BCUT2D eigenvalue weighted by molar-refractivity contribution is -0.139. The Bertz CT molecular complexity index is 737. The van der Waals surface area contributed by atoms with Gasteiger partial charge in [0.1, 0.15) is 11.3 Å². The predicted octanol–water partition coefficient (Wildman–Crippen LogP) is 7.27. The van der Waals surface area contributed by atoms with Crippen LogP contribution in [-0.4, -0.2) is 10.9 Å². The van der Waals surface area contributed by atoms with Crippen molar-refractivity contribution in [2.24, 2.45) is 17.8 Å². The van der Waals surface area contributed by atoms with Gasteiger partial charge in [-0.1, -0.05) is 19.1 Å². The normalized spacial score (nSPS) is 28.1. The Morgan fingerprint density at radius 2 is 1.62 bits per heavy atom. The number of rotatable bonds is 5. The number of phenolic OH excluding ortho intramolecular Hbond substituents is 1. The number of carbonyl (C=O) groups is 1. The number of allylic oxidation sites excluding steroid dienone is 1. The number of hydrogen-bond donors (Lipinski definition) is 1. The molecule has 2 saturated carbocycles. The van der Waals surface area contributed by atoms with Crippen molar-refractivity contribution in [3.63, 3.8) is 0 Å². The average Bonchev–Trinajstić information content (AvgIpc) is 2.72. The summed E-state index contributed by atoms with van der Waals surface area (Å²) in [4.78, 5) is 11.9. The third-order valence-electron chi connectivity index (χ3n) is 7.14. The minimum Gasteiger partial charge on any atom is -0.507 e. The number of aromatic hydroxyl groups is 1. The van der Waals surface area contributed by atoms with Gasteiger partial charge in [0.2, 0.25) is 0 Å². The molecule has 3 rings (SSSR count). The van der Waals surface area contributed by atoms with Crippen LogP contribution >= 0.6 is 0 Å². The van der Waals surface area contributed by atoms with E-state index in [2.05, 4.69) is 6.58 Å². The van der Waals surface area contributed by atoms with E-state index in [4.69, 9.17) is 0 Å². The molecule has 1 aromatic rings. The molecule has 2 fully saturated rings. The van der Waals surface area contributed by atoms with Crippen molar-refractivity contribution in [2.45, 2.75) is 76.8 Å². The van der Waals surface area contributed by atoms with Crippen molar-refractivity contribution in [3.05, 3.63) is 41.5 Å². The summed E-state index contributed by atoms with van der Waals surface area (Å²) in [6, 6.07) is 2.79. The molecule has 1 N–H and O–H groups in total. The molecule has 0 radical (unpaired) electrons. The fraction of sp³-hybridized carbons (Fsp3) is 0.625. The molecule has 5 heteroatoms. The summed E-state index contributed by atoms with van der Waals surface area (Å²) in [7, 11) is 0. The molecule has 0 atom stereocenters. The number of Topliss-reactive ketones (excluding diaryl/α,β-unsaturated/α-hetero) is 1. The molecule has 0 unspecified atom stereocenters. The maximum absolute atomic E-state index is 13.8. The number of hydrogen-bond acceptors (Lipinski definition) is 2. The van der Waals surface area contributed by atoms with Gasteiger partial charge in [-0.2, -0.15) is 13.2 Å². The zero-order chi connectivity index (χ0) is 21.2. The molecule has 29 heavy (non-hydrogen) atoms. The smallest absolute Gasteiger partial charge is 0.420 e. The van der Waals surface area contributed by atoms with E-state index in [9.17, 15) is 23.1 Å². The number of halogens is 3. The van der Waals surface area contributed by atoms with Gasteiger partial charge in [-0.15, -0.1) is 6.58 Å². The Morgan fingerprint density at radius 3 is 2.10 bits per heavy atom. The lowest BCUT2D eigenvalue weighted by Crippen LogP contribution is -2.25. The predicted molar refractivity (Wildman–Crippen MR) is 108 cm³/mol. The third kappa shape index (κ3) is 4.70. The van der Waals surface area contributed by atoms with Crippen molar-refractivity contribution in [1.82, 2.24) is 0 Å². The highest BCUT2D eigenvalue weighted by atomic mass is 19.4. The molecule has 1 aromatic carbocycles. The lowest BCUT2D eigenvalue weighted by Gasteiger charge is -2.38. The summed E-state index contributed by atoms with van der Waals surface area (Å²) >= 11 is 0. The van der Waals surface area contributed by atoms with Gasteiger partial charge < -0.3 is 5.11 Å². The van der Waals surface area contributed by atoms with Crippen LogP contribution in [0.2, 0.25) is 0 Å². The molecule has 0 aliphatic heterocycles. The maximum atomic E-state index is 13.8. The van der Waals surface area contributed by atoms with Gasteiger partial charge in [0.05, 0.1) is 5.56 Å². The molecule has 2 aliphatic rings. The van der Waals surface area contributed by atoms with Crippen molar-refractivity contribution < 1.29 is 23.1 Å². The molecule has 2 nitrogen and oxygen atoms in total. The Balaban J connectivity index is 1.76. The molecule has 0 aromatic heterocycles. The van der Waals surface area contributed by atoms with Gasteiger partial charge in [0.15, 0.2) is 5.78 Å². The minimum atomic E-state index is -4.68. The maximum Gasteiger partial charge on any atom is 0.420 e. The number of ketones is 1. The standard InChI is InChI=1S/C24H31F3O2/c1-3-15-5-7-16(8-6-15)17-9-11-18(12-10-17)19-13-14-20(21(28)4-2)23(29)22(19)24(25,26)27/h3,13-18,29H,1,4-12H2,2H3. The average molecular weight is 409 g/mol. The number of alkyl halides is 3. The van der Waals surface area contributed by atoms with Crippen LogP contribution in [0.5, 0.6) is 5.75 Å². The number of carbonyl (C=O) groups excluding carboxylic acids is 1. The van der Waals surface area contributed by atoms with Crippen LogP contribution in [0.4, 0.5) is 13.2 Å². The van der Waals surface area contributed by atoms with Crippen molar-refractivity contribution in [2.75, 3.05) is 0 Å². The summed E-state index contributed by atoms with van der Waals surface area (Å²) in [5.74, 6) is 0.284. The van der Waals surface area contributed by atoms with Crippen LogP contribution in [0.25, 0.3) is 0 Å². The van der Waals surface area contributed by atoms with E-state index in [0.29, 0.717) is 30.6 Å². The van der Waals surface area contributed by atoms with Gasteiger partial charge in [-0.05, 0) is 86.7 Å². The summed E-state index contributed by atoms with van der Waals surface area (Å²) < 4.78 is 41.3. The zero-order valence-corrected chi connectivity index (χ0v) is 17.1. The highest BCUT2D eigenvalue weighted by Crippen LogP contribution is 2.49. The van der Waals surface area contributed by atoms with Gasteiger partial charge in [0, 0.05) is 6.42 Å². The largest absolute Gasteiger partial charge is 0.507 e.